The Labute approximate surface area is 126 Å². The van der Waals surface area contributed by atoms with Gasteiger partial charge in [0.1, 0.15) is 0 Å². The fraction of sp³-hybridized carbons (Fsp3) is 0.500. The van der Waals surface area contributed by atoms with Crippen LogP contribution < -0.4 is 0 Å². The second-order valence-electron chi connectivity index (χ2n) is 5.20. The Morgan fingerprint density at radius 3 is 3.20 bits per heavy atom. The molecule has 0 aromatic carbocycles. The lowest BCUT2D eigenvalue weighted by molar-refractivity contribution is 0.0674. The van der Waals surface area contributed by atoms with Gasteiger partial charge in [-0.05, 0) is 25.2 Å². The van der Waals surface area contributed by atoms with E-state index in [2.05, 4.69) is 26.0 Å². The molecule has 0 N–H and O–H groups in total. The van der Waals surface area contributed by atoms with Crippen LogP contribution >= 0.6 is 15.9 Å². The Kier molecular flexibility index (Phi) is 4.00. The third-order valence-corrected chi connectivity index (χ3v) is 4.34. The Hall–Kier alpha value is -1.43. The Bertz CT molecular complexity index is 610. The number of piperidine rings is 1. The Morgan fingerprint density at radius 1 is 1.45 bits per heavy atom. The van der Waals surface area contributed by atoms with Gasteiger partial charge in [0.05, 0.1) is 23.5 Å². The average molecular weight is 337 g/mol. The summed E-state index contributed by atoms with van der Waals surface area (Å²) in [4.78, 5) is 18.7. The van der Waals surface area contributed by atoms with Gasteiger partial charge in [-0.3, -0.25) is 9.78 Å². The number of carbonyl (C=O) groups excluding carboxylic acids is 1. The van der Waals surface area contributed by atoms with Gasteiger partial charge in [0.15, 0.2) is 0 Å². The van der Waals surface area contributed by atoms with Crippen LogP contribution in [0.25, 0.3) is 5.52 Å². The molecule has 1 aliphatic rings. The first kappa shape index (κ1) is 13.5. The number of likely N-dealkylation sites (tertiary alicyclic amines) is 1. The van der Waals surface area contributed by atoms with Gasteiger partial charge < -0.3 is 4.90 Å². The van der Waals surface area contributed by atoms with Crippen LogP contribution in [0.1, 0.15) is 29.6 Å². The van der Waals surface area contributed by atoms with Crippen molar-refractivity contribution in [1.82, 2.24) is 19.5 Å². The molecule has 0 saturated carbocycles. The summed E-state index contributed by atoms with van der Waals surface area (Å²) in [5, 5.41) is 5.21. The van der Waals surface area contributed by atoms with Crippen LogP contribution in [0, 0.1) is 5.92 Å². The first-order valence-corrected chi connectivity index (χ1v) is 8.04. The molecule has 6 heteroatoms. The Balaban J connectivity index is 1.81. The number of amides is 1. The van der Waals surface area contributed by atoms with Crippen LogP contribution in [0.15, 0.2) is 24.8 Å². The lowest BCUT2D eigenvalue weighted by Crippen LogP contribution is -2.40. The maximum absolute atomic E-state index is 12.7. The number of rotatable bonds is 3. The number of aromatic nitrogens is 3. The van der Waals surface area contributed by atoms with Crippen molar-refractivity contribution in [3.05, 3.63) is 30.4 Å². The maximum Gasteiger partial charge on any atom is 0.257 e. The van der Waals surface area contributed by atoms with Crippen molar-refractivity contribution in [2.24, 2.45) is 5.92 Å². The Morgan fingerprint density at radius 2 is 2.35 bits per heavy atom. The monoisotopic (exact) mass is 336 g/mol. The molecule has 2 aromatic rings. The third-order valence-electron chi connectivity index (χ3n) is 3.88. The summed E-state index contributed by atoms with van der Waals surface area (Å²) in [5.41, 5.74) is 1.43. The number of fused-ring (bicyclic) bond motifs is 1. The molecular weight excluding hydrogens is 320 g/mol. The van der Waals surface area contributed by atoms with Crippen LogP contribution in [0.3, 0.4) is 0 Å². The standard InChI is InChI=1S/C14H17BrN4O/c15-4-3-11-2-1-6-18(10-11)14(20)12-8-17-19-7-5-16-9-13(12)19/h5,7-9,11H,1-4,6,10H2. The minimum atomic E-state index is 0.0762. The zero-order valence-electron chi connectivity index (χ0n) is 11.2. The quantitative estimate of drug-likeness (QED) is 0.808. The SMILES string of the molecule is O=C(c1cnn2ccncc12)N1CCCC(CCBr)C1. The second kappa shape index (κ2) is 5.91. The lowest BCUT2D eigenvalue weighted by Gasteiger charge is -2.32. The van der Waals surface area contributed by atoms with Crippen molar-refractivity contribution in [3.63, 3.8) is 0 Å². The number of halogens is 1. The van der Waals surface area contributed by atoms with Crippen LogP contribution in [0.2, 0.25) is 0 Å². The van der Waals surface area contributed by atoms with E-state index in [9.17, 15) is 4.79 Å². The minimum Gasteiger partial charge on any atom is -0.338 e. The maximum atomic E-state index is 12.7. The van der Waals surface area contributed by atoms with Gasteiger partial charge in [-0.1, -0.05) is 15.9 Å². The van der Waals surface area contributed by atoms with Gasteiger partial charge in [0.2, 0.25) is 0 Å². The molecule has 20 heavy (non-hydrogen) atoms. The van der Waals surface area contributed by atoms with E-state index in [4.69, 9.17) is 0 Å². The van der Waals surface area contributed by atoms with E-state index >= 15 is 0 Å². The largest absolute Gasteiger partial charge is 0.338 e. The van der Waals surface area contributed by atoms with Crippen molar-refractivity contribution in [1.29, 1.82) is 0 Å². The van der Waals surface area contributed by atoms with Crippen molar-refractivity contribution in [2.75, 3.05) is 18.4 Å². The molecule has 1 aliphatic heterocycles. The molecule has 1 atom stereocenters. The van der Waals surface area contributed by atoms with Crippen molar-refractivity contribution in [3.8, 4) is 0 Å². The zero-order valence-corrected chi connectivity index (χ0v) is 12.8. The highest BCUT2D eigenvalue weighted by molar-refractivity contribution is 9.09. The number of carbonyl (C=O) groups is 1. The van der Waals surface area contributed by atoms with Crippen molar-refractivity contribution < 1.29 is 4.79 Å². The number of hydrogen-bond donors (Lipinski definition) is 0. The predicted octanol–water partition coefficient (Wildman–Crippen LogP) is 2.37. The summed E-state index contributed by atoms with van der Waals surface area (Å²) in [5.74, 6) is 0.680. The van der Waals surface area contributed by atoms with E-state index in [0.717, 1.165) is 36.8 Å². The molecule has 3 heterocycles. The van der Waals surface area contributed by atoms with Gasteiger partial charge >= 0.3 is 0 Å². The summed E-state index contributed by atoms with van der Waals surface area (Å²) < 4.78 is 1.69. The average Bonchev–Trinajstić information content (AvgIpc) is 2.91. The van der Waals surface area contributed by atoms with Gasteiger partial charge in [-0.2, -0.15) is 5.10 Å². The van der Waals surface area contributed by atoms with Gasteiger partial charge in [0.25, 0.3) is 5.91 Å². The molecule has 0 bridgehead atoms. The molecule has 1 saturated heterocycles. The summed E-state index contributed by atoms with van der Waals surface area (Å²) in [6.45, 7) is 1.69. The fourth-order valence-corrected chi connectivity index (χ4v) is 3.46. The number of hydrogen-bond acceptors (Lipinski definition) is 3. The van der Waals surface area contributed by atoms with Gasteiger partial charge in [-0.15, -0.1) is 0 Å². The van der Waals surface area contributed by atoms with Crippen molar-refractivity contribution >= 4 is 27.4 Å². The molecular formula is C14H17BrN4O. The van der Waals surface area contributed by atoms with Gasteiger partial charge in [-0.25, -0.2) is 4.52 Å². The molecule has 0 radical (unpaired) electrons. The highest BCUT2D eigenvalue weighted by Gasteiger charge is 2.25. The normalized spacial score (nSPS) is 19.4. The van der Waals surface area contributed by atoms with E-state index in [-0.39, 0.29) is 5.91 Å². The van der Waals surface area contributed by atoms with Crippen molar-refractivity contribution in [2.45, 2.75) is 19.3 Å². The molecule has 1 unspecified atom stereocenters. The molecule has 3 rings (SSSR count). The number of alkyl halides is 1. The summed E-state index contributed by atoms with van der Waals surface area (Å²) in [6, 6.07) is 0. The lowest BCUT2D eigenvalue weighted by atomic mass is 9.95. The summed E-state index contributed by atoms with van der Waals surface area (Å²) in [7, 11) is 0. The summed E-state index contributed by atoms with van der Waals surface area (Å²) >= 11 is 3.49. The molecule has 0 aliphatic carbocycles. The minimum absolute atomic E-state index is 0.0762. The van der Waals surface area contributed by atoms with E-state index in [0.29, 0.717) is 11.5 Å². The van der Waals surface area contributed by atoms with Crippen LogP contribution in [0.4, 0.5) is 0 Å². The molecule has 0 spiro atoms. The smallest absolute Gasteiger partial charge is 0.257 e. The second-order valence-corrected chi connectivity index (χ2v) is 5.99. The van der Waals surface area contributed by atoms with Crippen LogP contribution in [-0.2, 0) is 0 Å². The predicted molar refractivity (Wildman–Crippen MR) is 80.0 cm³/mol. The van der Waals surface area contributed by atoms with Crippen LogP contribution in [-0.4, -0.2) is 43.8 Å². The third kappa shape index (κ3) is 2.57. The first-order chi connectivity index (χ1) is 9.79. The fourth-order valence-electron chi connectivity index (χ4n) is 2.81. The van der Waals surface area contributed by atoms with E-state index in [1.165, 1.54) is 6.42 Å². The molecule has 1 fully saturated rings. The highest BCUT2D eigenvalue weighted by atomic mass is 79.9. The first-order valence-electron chi connectivity index (χ1n) is 6.92. The van der Waals surface area contributed by atoms with E-state index in [1.807, 2.05) is 4.90 Å². The molecule has 2 aromatic heterocycles. The van der Waals surface area contributed by atoms with E-state index in [1.54, 1.807) is 29.3 Å². The topological polar surface area (TPSA) is 50.5 Å². The highest BCUT2D eigenvalue weighted by Crippen LogP contribution is 2.22. The van der Waals surface area contributed by atoms with Gasteiger partial charge in [0, 0.05) is 30.8 Å². The zero-order chi connectivity index (χ0) is 13.9. The molecule has 106 valence electrons. The van der Waals surface area contributed by atoms with Crippen LogP contribution in [0.5, 0.6) is 0 Å². The van der Waals surface area contributed by atoms with E-state index < -0.39 is 0 Å². The number of nitrogens with zero attached hydrogens (tertiary/aromatic N) is 4. The summed E-state index contributed by atoms with van der Waals surface area (Å²) in [6.07, 6.45) is 10.2. The molecule has 5 nitrogen and oxygen atoms in total. The molecule has 1 amide bonds.